The first-order valence-corrected chi connectivity index (χ1v) is 12.8. The van der Waals surface area contributed by atoms with E-state index in [9.17, 15) is 22.8 Å². The van der Waals surface area contributed by atoms with Crippen molar-refractivity contribution in [3.8, 4) is 0 Å². The summed E-state index contributed by atoms with van der Waals surface area (Å²) in [5.41, 5.74) is 1.86. The lowest BCUT2D eigenvalue weighted by atomic mass is 9.93. The maximum absolute atomic E-state index is 13.2. The number of carbonyl (C=O) groups is 2. The molecule has 2 aliphatic heterocycles. The van der Waals surface area contributed by atoms with Crippen LogP contribution in [0.4, 0.5) is 13.2 Å². The third kappa shape index (κ3) is 5.03. The van der Waals surface area contributed by atoms with E-state index < -0.39 is 11.7 Å². The lowest BCUT2D eigenvalue weighted by Gasteiger charge is -2.39. The summed E-state index contributed by atoms with van der Waals surface area (Å²) in [5, 5.41) is 2.11. The molecule has 36 heavy (non-hydrogen) atoms. The minimum atomic E-state index is -4.44. The molecule has 9 heteroatoms. The summed E-state index contributed by atoms with van der Waals surface area (Å²) < 4.78 is 38.4. The number of hydrogen-bond donors (Lipinski definition) is 0. The van der Waals surface area contributed by atoms with Gasteiger partial charge in [-0.15, -0.1) is 11.3 Å². The first-order valence-electron chi connectivity index (χ1n) is 11.9. The van der Waals surface area contributed by atoms with Crippen LogP contribution in [0.5, 0.6) is 0 Å². The van der Waals surface area contributed by atoms with Crippen LogP contribution in [0.25, 0.3) is 0 Å². The number of fused-ring (bicyclic) bond motifs is 1. The Morgan fingerprint density at radius 2 is 1.53 bits per heavy atom. The number of hydrogen-bond acceptors (Lipinski definition) is 4. The van der Waals surface area contributed by atoms with Gasteiger partial charge in [-0.2, -0.15) is 13.2 Å². The van der Waals surface area contributed by atoms with Gasteiger partial charge in [0.05, 0.1) is 18.2 Å². The summed E-state index contributed by atoms with van der Waals surface area (Å²) in [5.74, 6) is -0.294. The summed E-state index contributed by atoms with van der Waals surface area (Å²) >= 11 is 1.76. The van der Waals surface area contributed by atoms with Gasteiger partial charge in [-0.25, -0.2) is 0 Å². The van der Waals surface area contributed by atoms with E-state index in [4.69, 9.17) is 0 Å². The number of rotatable bonds is 4. The zero-order valence-corrected chi connectivity index (χ0v) is 20.4. The van der Waals surface area contributed by atoms with E-state index in [0.717, 1.165) is 30.7 Å². The van der Waals surface area contributed by atoms with Crippen molar-refractivity contribution in [3.05, 3.63) is 93.2 Å². The molecule has 0 spiro atoms. The van der Waals surface area contributed by atoms with Gasteiger partial charge in [0.15, 0.2) is 0 Å². The standard InChI is InChI=1S/C27H26F3N3O2S/c28-27(29,30)21-8-6-20(7-9-21)26(35)32-15-13-31(14-16-32)24(34)18-33-12-10-23-22(11-17-36-23)25(33)19-4-2-1-3-5-19/h1-9,11,17,25H,10,12-16,18H2/t25-/m1/s1. The average Bonchev–Trinajstić information content (AvgIpc) is 3.37. The van der Waals surface area contributed by atoms with Crippen LogP contribution in [0.3, 0.4) is 0 Å². The normalized spacial score (nSPS) is 18.7. The predicted octanol–water partition coefficient (Wildman–Crippen LogP) is 4.70. The quantitative estimate of drug-likeness (QED) is 0.508. The molecule has 2 aromatic carbocycles. The van der Waals surface area contributed by atoms with E-state index in [0.29, 0.717) is 32.7 Å². The minimum absolute atomic E-state index is 0.0243. The van der Waals surface area contributed by atoms with Crippen LogP contribution in [0.1, 0.15) is 38.0 Å². The summed E-state index contributed by atoms with van der Waals surface area (Å²) in [6.07, 6.45) is -3.52. The van der Waals surface area contributed by atoms with Crippen LogP contribution in [-0.2, 0) is 17.4 Å². The molecule has 3 heterocycles. The Morgan fingerprint density at radius 3 is 2.19 bits per heavy atom. The highest BCUT2D eigenvalue weighted by Gasteiger charge is 2.33. The molecule has 0 N–H and O–H groups in total. The van der Waals surface area contributed by atoms with Crippen LogP contribution in [-0.4, -0.2) is 65.8 Å². The largest absolute Gasteiger partial charge is 0.416 e. The molecule has 0 bridgehead atoms. The average molecular weight is 514 g/mol. The number of carbonyl (C=O) groups excluding carboxylic acids is 2. The fourth-order valence-corrected chi connectivity index (χ4v) is 5.89. The topological polar surface area (TPSA) is 43.9 Å². The molecule has 5 nitrogen and oxygen atoms in total. The van der Waals surface area contributed by atoms with Crippen molar-refractivity contribution in [1.29, 1.82) is 0 Å². The van der Waals surface area contributed by atoms with Crippen molar-refractivity contribution < 1.29 is 22.8 Å². The SMILES string of the molecule is O=C(CN1CCc2sccc2[C@H]1c1ccccc1)N1CCN(C(=O)c2ccc(C(F)(F)F)cc2)CC1. The molecular formula is C27H26F3N3O2S. The summed E-state index contributed by atoms with van der Waals surface area (Å²) in [4.78, 5) is 33.0. The Bertz CT molecular complexity index is 1220. The zero-order chi connectivity index (χ0) is 25.3. The molecule has 1 fully saturated rings. The number of benzene rings is 2. The second kappa shape index (κ2) is 10.1. The zero-order valence-electron chi connectivity index (χ0n) is 19.6. The maximum atomic E-state index is 13.2. The second-order valence-electron chi connectivity index (χ2n) is 9.08. The van der Waals surface area contributed by atoms with Crippen LogP contribution >= 0.6 is 11.3 Å². The van der Waals surface area contributed by atoms with E-state index in [2.05, 4.69) is 28.5 Å². The van der Waals surface area contributed by atoms with Crippen molar-refractivity contribution in [2.24, 2.45) is 0 Å². The Labute approximate surface area is 211 Å². The van der Waals surface area contributed by atoms with E-state index >= 15 is 0 Å². The van der Waals surface area contributed by atoms with Crippen LogP contribution in [0, 0.1) is 0 Å². The highest BCUT2D eigenvalue weighted by Crippen LogP contribution is 2.37. The molecule has 5 rings (SSSR count). The molecule has 1 aromatic heterocycles. The Hall–Kier alpha value is -3.17. The molecule has 3 aromatic rings. The van der Waals surface area contributed by atoms with E-state index in [-0.39, 0.29) is 23.4 Å². The molecule has 0 aliphatic carbocycles. The fourth-order valence-electron chi connectivity index (χ4n) is 4.98. The highest BCUT2D eigenvalue weighted by atomic mass is 32.1. The summed E-state index contributed by atoms with van der Waals surface area (Å²) in [7, 11) is 0. The van der Waals surface area contributed by atoms with Crippen LogP contribution in [0.15, 0.2) is 66.0 Å². The Balaban J connectivity index is 1.21. The molecule has 0 radical (unpaired) electrons. The number of nitrogens with zero attached hydrogens (tertiary/aromatic N) is 3. The Kier molecular flexibility index (Phi) is 6.85. The first-order chi connectivity index (χ1) is 17.3. The van der Waals surface area contributed by atoms with Crippen LogP contribution in [0.2, 0.25) is 0 Å². The molecular weight excluding hydrogens is 487 g/mol. The number of alkyl halides is 3. The maximum Gasteiger partial charge on any atom is 0.416 e. The number of amides is 2. The number of thiophene rings is 1. The monoisotopic (exact) mass is 513 g/mol. The van der Waals surface area contributed by atoms with Gasteiger partial charge in [0.25, 0.3) is 5.91 Å². The summed E-state index contributed by atoms with van der Waals surface area (Å²) in [6, 6.07) is 16.7. The second-order valence-corrected chi connectivity index (χ2v) is 10.1. The van der Waals surface area contributed by atoms with Gasteiger partial charge in [-0.1, -0.05) is 30.3 Å². The lowest BCUT2D eigenvalue weighted by molar-refractivity contribution is -0.137. The summed E-state index contributed by atoms with van der Waals surface area (Å²) in [6.45, 7) is 2.59. The third-order valence-corrected chi connectivity index (χ3v) is 7.89. The third-order valence-electron chi connectivity index (χ3n) is 6.90. The highest BCUT2D eigenvalue weighted by molar-refractivity contribution is 7.10. The molecule has 1 saturated heterocycles. The fraction of sp³-hybridized carbons (Fsp3) is 0.333. The first kappa shape index (κ1) is 24.5. The molecule has 1 atom stereocenters. The molecule has 188 valence electrons. The lowest BCUT2D eigenvalue weighted by Crippen LogP contribution is -2.53. The van der Waals surface area contributed by atoms with Gasteiger partial charge >= 0.3 is 6.18 Å². The van der Waals surface area contributed by atoms with E-state index in [1.54, 1.807) is 21.1 Å². The number of halogens is 3. The van der Waals surface area contributed by atoms with Gasteiger partial charge in [0.2, 0.25) is 5.91 Å². The molecule has 0 unspecified atom stereocenters. The van der Waals surface area contributed by atoms with Gasteiger partial charge in [-0.05, 0) is 53.3 Å². The Morgan fingerprint density at radius 1 is 0.861 bits per heavy atom. The minimum Gasteiger partial charge on any atom is -0.338 e. The molecule has 2 amide bonds. The smallest absolute Gasteiger partial charge is 0.338 e. The van der Waals surface area contributed by atoms with Crippen LogP contribution < -0.4 is 0 Å². The van der Waals surface area contributed by atoms with Crippen molar-refractivity contribution >= 4 is 23.2 Å². The van der Waals surface area contributed by atoms with Gasteiger partial charge in [0, 0.05) is 43.2 Å². The molecule has 2 aliphatic rings. The predicted molar refractivity (Wildman–Crippen MR) is 132 cm³/mol. The van der Waals surface area contributed by atoms with Gasteiger partial charge in [-0.3, -0.25) is 14.5 Å². The van der Waals surface area contributed by atoms with Crippen molar-refractivity contribution in [2.75, 3.05) is 39.3 Å². The van der Waals surface area contributed by atoms with Crippen molar-refractivity contribution in [1.82, 2.24) is 14.7 Å². The van der Waals surface area contributed by atoms with Gasteiger partial charge in [0.1, 0.15) is 0 Å². The number of piperazine rings is 1. The van der Waals surface area contributed by atoms with E-state index in [1.807, 2.05) is 18.2 Å². The van der Waals surface area contributed by atoms with Crippen molar-refractivity contribution in [3.63, 3.8) is 0 Å². The molecule has 0 saturated carbocycles. The van der Waals surface area contributed by atoms with Gasteiger partial charge < -0.3 is 9.80 Å². The van der Waals surface area contributed by atoms with Crippen molar-refractivity contribution in [2.45, 2.75) is 18.6 Å². The van der Waals surface area contributed by atoms with E-state index in [1.165, 1.54) is 22.6 Å².